The Bertz CT molecular complexity index is 366. The number of para-hydroxylation sites is 2. The van der Waals surface area contributed by atoms with E-state index in [2.05, 4.69) is 0 Å². The van der Waals surface area contributed by atoms with Crippen molar-refractivity contribution >= 4 is 22.5 Å². The number of nitro groups is 1. The largest absolute Gasteiger partial charge is 0.477 e. The molecule has 1 aromatic carbocycles. The zero-order valence-corrected chi connectivity index (χ0v) is 7.73. The van der Waals surface area contributed by atoms with Crippen LogP contribution in [0.1, 0.15) is 0 Å². The van der Waals surface area contributed by atoms with Crippen LogP contribution in [0.2, 0.25) is 0 Å². The fourth-order valence-corrected chi connectivity index (χ4v) is 0.919. The number of nitro benzene ring substituents is 1. The fourth-order valence-electron chi connectivity index (χ4n) is 0.865. The zero-order chi connectivity index (χ0) is 10.6. The van der Waals surface area contributed by atoms with E-state index in [1.54, 1.807) is 6.07 Å². The average molecular weight is 216 g/mol. The number of benzene rings is 1. The highest BCUT2D eigenvalue weighted by Gasteiger charge is 2.13. The summed E-state index contributed by atoms with van der Waals surface area (Å²) in [7, 11) is 0. The maximum absolute atomic E-state index is 10.5. The van der Waals surface area contributed by atoms with Gasteiger partial charge in [0.15, 0.2) is 12.4 Å². The second-order valence-corrected chi connectivity index (χ2v) is 2.79. The van der Waals surface area contributed by atoms with Crippen LogP contribution < -0.4 is 4.74 Å². The lowest BCUT2D eigenvalue weighted by atomic mass is 10.3. The molecule has 0 unspecified atom stereocenters. The number of nitrogens with zero attached hydrogens (tertiary/aromatic N) is 1. The summed E-state index contributed by atoms with van der Waals surface area (Å²) in [6, 6.07) is 5.76. The second-order valence-electron chi connectivity index (χ2n) is 2.37. The van der Waals surface area contributed by atoms with Crippen molar-refractivity contribution in [3.8, 4) is 5.75 Å². The Balaban J connectivity index is 2.84. The molecular formula is C8H6ClNO4. The van der Waals surface area contributed by atoms with E-state index in [0.717, 1.165) is 0 Å². The Labute approximate surface area is 84.4 Å². The van der Waals surface area contributed by atoms with Crippen molar-refractivity contribution in [2.24, 2.45) is 0 Å². The van der Waals surface area contributed by atoms with Gasteiger partial charge in [0.1, 0.15) is 0 Å². The van der Waals surface area contributed by atoms with Crippen LogP contribution in [-0.2, 0) is 4.79 Å². The number of rotatable bonds is 4. The molecule has 0 fully saturated rings. The van der Waals surface area contributed by atoms with Gasteiger partial charge in [-0.25, -0.2) is 0 Å². The first-order chi connectivity index (χ1) is 6.61. The van der Waals surface area contributed by atoms with Gasteiger partial charge in [0, 0.05) is 6.07 Å². The molecule has 5 nitrogen and oxygen atoms in total. The van der Waals surface area contributed by atoms with Gasteiger partial charge in [-0.1, -0.05) is 12.1 Å². The monoisotopic (exact) mass is 215 g/mol. The molecule has 6 heteroatoms. The maximum Gasteiger partial charge on any atom is 0.310 e. The Kier molecular flexibility index (Phi) is 3.41. The molecule has 0 spiro atoms. The summed E-state index contributed by atoms with van der Waals surface area (Å²) >= 11 is 5.03. The predicted molar refractivity (Wildman–Crippen MR) is 49.5 cm³/mol. The van der Waals surface area contributed by atoms with Gasteiger partial charge in [-0.2, -0.15) is 0 Å². The van der Waals surface area contributed by atoms with Gasteiger partial charge in [0.25, 0.3) is 5.24 Å². The van der Waals surface area contributed by atoms with Gasteiger partial charge in [-0.3, -0.25) is 14.9 Å². The van der Waals surface area contributed by atoms with E-state index in [9.17, 15) is 14.9 Å². The quantitative estimate of drug-likeness (QED) is 0.436. The Morgan fingerprint density at radius 2 is 2.14 bits per heavy atom. The number of carbonyl (C=O) groups excluding carboxylic acids is 1. The molecule has 0 atom stereocenters. The third-order valence-corrected chi connectivity index (χ3v) is 1.51. The minimum atomic E-state index is -0.705. The van der Waals surface area contributed by atoms with E-state index < -0.39 is 10.2 Å². The van der Waals surface area contributed by atoms with Crippen molar-refractivity contribution in [3.05, 3.63) is 34.4 Å². The van der Waals surface area contributed by atoms with Gasteiger partial charge in [-0.05, 0) is 17.7 Å². The molecule has 0 aliphatic carbocycles. The number of carbonyl (C=O) groups is 1. The second kappa shape index (κ2) is 4.57. The van der Waals surface area contributed by atoms with Crippen LogP contribution in [0.25, 0.3) is 0 Å². The van der Waals surface area contributed by atoms with Crippen LogP contribution in [0, 0.1) is 10.1 Å². The lowest BCUT2D eigenvalue weighted by Gasteiger charge is -2.02. The Hall–Kier alpha value is -1.62. The first-order valence-electron chi connectivity index (χ1n) is 3.66. The fraction of sp³-hybridized carbons (Fsp3) is 0.125. The number of ether oxygens (including phenoxy) is 1. The molecule has 0 N–H and O–H groups in total. The highest BCUT2D eigenvalue weighted by molar-refractivity contribution is 6.63. The number of hydrogen-bond donors (Lipinski definition) is 0. The summed E-state index contributed by atoms with van der Waals surface area (Å²) in [5, 5.41) is 9.77. The molecule has 74 valence electrons. The van der Waals surface area contributed by atoms with Crippen molar-refractivity contribution in [3.63, 3.8) is 0 Å². The highest BCUT2D eigenvalue weighted by atomic mass is 35.5. The van der Waals surface area contributed by atoms with Gasteiger partial charge in [0.05, 0.1) is 4.92 Å². The molecule has 1 rings (SSSR count). The molecule has 1 aromatic rings. The molecular weight excluding hydrogens is 210 g/mol. The summed E-state index contributed by atoms with van der Waals surface area (Å²) in [5.74, 6) is 0.0338. The molecule has 0 amide bonds. The normalized spacial score (nSPS) is 9.50. The SMILES string of the molecule is O=C(Cl)COc1ccccc1[N+](=O)[O-]. The van der Waals surface area contributed by atoms with Gasteiger partial charge < -0.3 is 4.74 Å². The molecule has 0 aromatic heterocycles. The minimum Gasteiger partial charge on any atom is -0.477 e. The Morgan fingerprint density at radius 3 is 2.71 bits per heavy atom. The average Bonchev–Trinajstić information content (AvgIpc) is 2.15. The van der Waals surface area contributed by atoms with Crippen molar-refractivity contribution < 1.29 is 14.5 Å². The van der Waals surface area contributed by atoms with Crippen LogP contribution >= 0.6 is 11.6 Å². The maximum atomic E-state index is 10.5. The molecule has 0 radical (unpaired) electrons. The lowest BCUT2D eigenvalue weighted by Crippen LogP contribution is -2.05. The molecule has 0 aliphatic heterocycles. The van der Waals surface area contributed by atoms with Crippen LogP contribution in [0.4, 0.5) is 5.69 Å². The first kappa shape index (κ1) is 10.5. The summed E-state index contributed by atoms with van der Waals surface area (Å²) in [6.07, 6.45) is 0. The molecule has 0 saturated heterocycles. The predicted octanol–water partition coefficient (Wildman–Crippen LogP) is 1.74. The van der Waals surface area contributed by atoms with E-state index in [-0.39, 0.29) is 18.0 Å². The van der Waals surface area contributed by atoms with Crippen molar-refractivity contribution in [2.45, 2.75) is 0 Å². The van der Waals surface area contributed by atoms with Gasteiger partial charge in [0.2, 0.25) is 0 Å². The van der Waals surface area contributed by atoms with E-state index in [1.807, 2.05) is 0 Å². The number of hydrogen-bond acceptors (Lipinski definition) is 4. The topological polar surface area (TPSA) is 69.4 Å². The standard InChI is InChI=1S/C8H6ClNO4/c9-8(11)5-14-7-4-2-1-3-6(7)10(12)13/h1-4H,5H2. The highest BCUT2D eigenvalue weighted by Crippen LogP contribution is 2.25. The summed E-state index contributed by atoms with van der Waals surface area (Å²) in [4.78, 5) is 20.3. The van der Waals surface area contributed by atoms with Crippen molar-refractivity contribution in [2.75, 3.05) is 6.61 Å². The molecule has 0 saturated carbocycles. The smallest absolute Gasteiger partial charge is 0.310 e. The van der Waals surface area contributed by atoms with Crippen LogP contribution in [0.3, 0.4) is 0 Å². The summed E-state index contributed by atoms with van der Waals surface area (Å²) < 4.78 is 4.84. The molecule has 0 heterocycles. The zero-order valence-electron chi connectivity index (χ0n) is 6.97. The third kappa shape index (κ3) is 2.70. The van der Waals surface area contributed by atoms with Gasteiger partial charge >= 0.3 is 5.69 Å². The number of halogens is 1. The van der Waals surface area contributed by atoms with Gasteiger partial charge in [-0.15, -0.1) is 0 Å². The van der Waals surface area contributed by atoms with Crippen LogP contribution in [0.15, 0.2) is 24.3 Å². The molecule has 14 heavy (non-hydrogen) atoms. The third-order valence-electron chi connectivity index (χ3n) is 1.40. The van der Waals surface area contributed by atoms with E-state index in [0.29, 0.717) is 0 Å². The van der Waals surface area contributed by atoms with E-state index >= 15 is 0 Å². The lowest BCUT2D eigenvalue weighted by molar-refractivity contribution is -0.385. The minimum absolute atomic E-state index is 0.0338. The van der Waals surface area contributed by atoms with Crippen molar-refractivity contribution in [1.29, 1.82) is 0 Å². The van der Waals surface area contributed by atoms with Crippen LogP contribution in [-0.4, -0.2) is 16.8 Å². The first-order valence-corrected chi connectivity index (χ1v) is 4.03. The van der Waals surface area contributed by atoms with E-state index in [1.165, 1.54) is 18.2 Å². The van der Waals surface area contributed by atoms with Crippen molar-refractivity contribution in [1.82, 2.24) is 0 Å². The molecule has 0 aliphatic rings. The van der Waals surface area contributed by atoms with E-state index in [4.69, 9.17) is 16.3 Å². The summed E-state index contributed by atoms with van der Waals surface area (Å²) in [5.41, 5.74) is -0.189. The van der Waals surface area contributed by atoms with Crippen LogP contribution in [0.5, 0.6) is 5.75 Å². The molecule has 0 bridgehead atoms. The summed E-state index contributed by atoms with van der Waals surface area (Å²) in [6.45, 7) is -0.383. The Morgan fingerprint density at radius 1 is 1.50 bits per heavy atom.